The van der Waals surface area contributed by atoms with Crippen molar-refractivity contribution in [2.45, 2.75) is 44.7 Å². The lowest BCUT2D eigenvalue weighted by atomic mass is 10.0. The van der Waals surface area contributed by atoms with Crippen molar-refractivity contribution < 1.29 is 9.59 Å². The zero-order valence-electron chi connectivity index (χ0n) is 15.4. The normalized spacial score (nSPS) is 15.3. The number of carbonyl (C=O) groups excluding carboxylic acids is 2. The Hall–Kier alpha value is -2.54. The predicted molar refractivity (Wildman–Crippen MR) is 105 cm³/mol. The molecule has 1 fully saturated rings. The first-order chi connectivity index (χ1) is 13.1. The van der Waals surface area contributed by atoms with Crippen molar-refractivity contribution in [1.29, 1.82) is 0 Å². The molecular weight excluding hydrogens is 360 g/mol. The fraction of sp³-hybridized carbons (Fsp3) is 0.400. The second-order valence-electron chi connectivity index (χ2n) is 6.84. The summed E-state index contributed by atoms with van der Waals surface area (Å²) in [6.45, 7) is 5.99. The lowest BCUT2D eigenvalue weighted by Gasteiger charge is -2.31. The van der Waals surface area contributed by atoms with E-state index in [1.807, 2.05) is 31.2 Å². The maximum atomic E-state index is 13.2. The van der Waals surface area contributed by atoms with E-state index in [1.54, 1.807) is 11.5 Å². The average molecular weight is 385 g/mol. The molecule has 1 aromatic heterocycles. The highest BCUT2D eigenvalue weighted by Gasteiger charge is 2.33. The molecule has 1 aliphatic rings. The van der Waals surface area contributed by atoms with Gasteiger partial charge in [0.2, 0.25) is 5.91 Å². The Kier molecular flexibility index (Phi) is 6.34. The van der Waals surface area contributed by atoms with Crippen molar-refractivity contribution >= 4 is 23.3 Å². The quantitative estimate of drug-likeness (QED) is 0.744. The van der Waals surface area contributed by atoms with Crippen LogP contribution >= 0.6 is 11.5 Å². The molecule has 1 aliphatic carbocycles. The zero-order valence-corrected chi connectivity index (χ0v) is 16.2. The lowest BCUT2D eigenvalue weighted by molar-refractivity contribution is -0.126. The Balaban J connectivity index is 1.94. The molecule has 0 unspecified atom stereocenters. The monoisotopic (exact) mass is 384 g/mol. The SMILES string of the molecule is C=CCN(C(=O)c1csnn1)[C@@H](C(=O)NC1CCCC1)c1ccc(C)cc1. The van der Waals surface area contributed by atoms with Gasteiger partial charge in [-0.25, -0.2) is 0 Å². The van der Waals surface area contributed by atoms with Gasteiger partial charge in [-0.05, 0) is 36.9 Å². The molecule has 2 aromatic rings. The van der Waals surface area contributed by atoms with Crippen LogP contribution in [-0.4, -0.2) is 38.9 Å². The molecule has 1 aromatic carbocycles. The summed E-state index contributed by atoms with van der Waals surface area (Å²) in [6.07, 6.45) is 5.84. The molecule has 0 radical (unpaired) electrons. The number of benzene rings is 1. The number of nitrogens with one attached hydrogen (secondary N) is 1. The van der Waals surface area contributed by atoms with E-state index >= 15 is 0 Å². The van der Waals surface area contributed by atoms with E-state index in [0.717, 1.165) is 48.3 Å². The van der Waals surface area contributed by atoms with Crippen LogP contribution in [0.3, 0.4) is 0 Å². The van der Waals surface area contributed by atoms with E-state index in [-0.39, 0.29) is 30.1 Å². The number of carbonyl (C=O) groups is 2. The Labute approximate surface area is 163 Å². The van der Waals surface area contributed by atoms with Gasteiger partial charge in [0.05, 0.1) is 0 Å². The third-order valence-corrected chi connectivity index (χ3v) is 5.33. The molecule has 0 spiro atoms. The summed E-state index contributed by atoms with van der Waals surface area (Å²) >= 11 is 1.11. The largest absolute Gasteiger partial charge is 0.351 e. The van der Waals surface area contributed by atoms with Gasteiger partial charge in [0.1, 0.15) is 6.04 Å². The van der Waals surface area contributed by atoms with Crippen LogP contribution in [0, 0.1) is 6.92 Å². The van der Waals surface area contributed by atoms with Crippen LogP contribution in [0.4, 0.5) is 0 Å². The Bertz CT molecular complexity index is 783. The van der Waals surface area contributed by atoms with E-state index in [1.165, 1.54) is 4.90 Å². The van der Waals surface area contributed by atoms with Crippen LogP contribution in [0.15, 0.2) is 42.3 Å². The average Bonchev–Trinajstić information content (AvgIpc) is 3.36. The Morgan fingerprint density at radius 3 is 2.63 bits per heavy atom. The molecule has 1 N–H and O–H groups in total. The Morgan fingerprint density at radius 1 is 1.33 bits per heavy atom. The first kappa shape index (κ1) is 19.2. The van der Waals surface area contributed by atoms with Crippen molar-refractivity contribution in [1.82, 2.24) is 19.8 Å². The summed E-state index contributed by atoms with van der Waals surface area (Å²) in [5.41, 5.74) is 2.11. The minimum atomic E-state index is -0.738. The lowest BCUT2D eigenvalue weighted by Crippen LogP contribution is -2.46. The second-order valence-corrected chi connectivity index (χ2v) is 7.45. The molecule has 142 valence electrons. The van der Waals surface area contributed by atoms with Gasteiger partial charge >= 0.3 is 0 Å². The minimum absolute atomic E-state index is 0.163. The van der Waals surface area contributed by atoms with E-state index in [9.17, 15) is 9.59 Å². The molecule has 1 atom stereocenters. The first-order valence-electron chi connectivity index (χ1n) is 9.16. The van der Waals surface area contributed by atoms with Gasteiger partial charge in [-0.3, -0.25) is 9.59 Å². The van der Waals surface area contributed by atoms with Crippen LogP contribution in [-0.2, 0) is 4.79 Å². The zero-order chi connectivity index (χ0) is 19.2. The van der Waals surface area contributed by atoms with Crippen molar-refractivity contribution in [2.75, 3.05) is 6.54 Å². The molecule has 0 aliphatic heterocycles. The van der Waals surface area contributed by atoms with Crippen LogP contribution in [0.25, 0.3) is 0 Å². The predicted octanol–water partition coefficient (Wildman–Crippen LogP) is 3.27. The Morgan fingerprint density at radius 2 is 2.04 bits per heavy atom. The topological polar surface area (TPSA) is 75.2 Å². The maximum absolute atomic E-state index is 13.2. The number of hydrogen-bond donors (Lipinski definition) is 1. The smallest absolute Gasteiger partial charge is 0.276 e. The fourth-order valence-electron chi connectivity index (χ4n) is 3.42. The van der Waals surface area contributed by atoms with Gasteiger partial charge in [0.15, 0.2) is 5.69 Å². The molecule has 3 rings (SSSR count). The van der Waals surface area contributed by atoms with Gasteiger partial charge in [0.25, 0.3) is 5.91 Å². The number of hydrogen-bond acceptors (Lipinski definition) is 5. The molecule has 2 amide bonds. The minimum Gasteiger partial charge on any atom is -0.351 e. The number of nitrogens with zero attached hydrogens (tertiary/aromatic N) is 3. The number of amides is 2. The molecule has 27 heavy (non-hydrogen) atoms. The van der Waals surface area contributed by atoms with E-state index in [0.29, 0.717) is 0 Å². The summed E-state index contributed by atoms with van der Waals surface area (Å²) in [4.78, 5) is 27.7. The molecule has 1 heterocycles. The summed E-state index contributed by atoms with van der Waals surface area (Å²) in [7, 11) is 0. The number of rotatable bonds is 7. The number of aryl methyl sites for hydroxylation is 1. The van der Waals surface area contributed by atoms with Gasteiger partial charge in [-0.15, -0.1) is 11.7 Å². The van der Waals surface area contributed by atoms with Crippen LogP contribution in [0.5, 0.6) is 0 Å². The van der Waals surface area contributed by atoms with Crippen molar-refractivity contribution in [3.8, 4) is 0 Å². The third-order valence-electron chi connectivity index (χ3n) is 4.82. The van der Waals surface area contributed by atoms with E-state index in [4.69, 9.17) is 0 Å². The summed E-state index contributed by atoms with van der Waals surface area (Å²) in [6, 6.07) is 7.14. The van der Waals surface area contributed by atoms with Gasteiger partial charge in [0, 0.05) is 18.0 Å². The van der Waals surface area contributed by atoms with Gasteiger partial charge in [-0.2, -0.15) is 0 Å². The highest BCUT2D eigenvalue weighted by molar-refractivity contribution is 7.03. The first-order valence-corrected chi connectivity index (χ1v) is 9.99. The third kappa shape index (κ3) is 4.60. The molecule has 7 heteroatoms. The number of aromatic nitrogens is 2. The summed E-state index contributed by atoms with van der Waals surface area (Å²) in [5.74, 6) is -0.486. The molecule has 0 saturated heterocycles. The van der Waals surface area contributed by atoms with Crippen molar-refractivity contribution in [2.24, 2.45) is 0 Å². The van der Waals surface area contributed by atoms with E-state index < -0.39 is 6.04 Å². The highest BCUT2D eigenvalue weighted by Crippen LogP contribution is 2.26. The van der Waals surface area contributed by atoms with Gasteiger partial charge in [-0.1, -0.05) is 53.2 Å². The van der Waals surface area contributed by atoms with Crippen molar-refractivity contribution in [3.63, 3.8) is 0 Å². The second kappa shape index (κ2) is 8.90. The highest BCUT2D eigenvalue weighted by atomic mass is 32.1. The summed E-state index contributed by atoms with van der Waals surface area (Å²) in [5, 5.41) is 8.61. The molecular formula is C20H24N4O2S. The van der Waals surface area contributed by atoms with Crippen LogP contribution < -0.4 is 5.32 Å². The standard InChI is InChI=1S/C20H24N4O2S/c1-3-12-24(20(26)17-13-27-23-22-17)18(15-10-8-14(2)9-11-15)19(25)21-16-6-4-5-7-16/h3,8-11,13,16,18H,1,4-7,12H2,2H3,(H,21,25)/t18-/m1/s1. The van der Waals surface area contributed by atoms with E-state index in [2.05, 4.69) is 21.5 Å². The van der Waals surface area contributed by atoms with Crippen molar-refractivity contribution in [3.05, 3.63) is 59.1 Å². The van der Waals surface area contributed by atoms with Gasteiger partial charge < -0.3 is 10.2 Å². The van der Waals surface area contributed by atoms with Crippen LogP contribution in [0.2, 0.25) is 0 Å². The maximum Gasteiger partial charge on any atom is 0.276 e. The molecule has 1 saturated carbocycles. The summed E-state index contributed by atoms with van der Waals surface area (Å²) < 4.78 is 3.78. The fourth-order valence-corrected chi connectivity index (χ4v) is 3.85. The molecule has 0 bridgehead atoms. The molecule has 6 nitrogen and oxygen atoms in total. The van der Waals surface area contributed by atoms with Crippen LogP contribution in [0.1, 0.15) is 53.3 Å².